The molecule has 4 rings (SSSR count). The molecule has 1 saturated carbocycles. The minimum absolute atomic E-state index is 0.271. The Balaban J connectivity index is 1.83. The van der Waals surface area contributed by atoms with Crippen LogP contribution in [0.5, 0.6) is 0 Å². The number of nitrogens with zero attached hydrogens (tertiary/aromatic N) is 3. The van der Waals surface area contributed by atoms with Crippen LogP contribution in [0.3, 0.4) is 0 Å². The van der Waals surface area contributed by atoms with Crippen molar-refractivity contribution in [1.82, 2.24) is 14.6 Å². The number of nitrogens with two attached hydrogens (primary N) is 1. The van der Waals surface area contributed by atoms with Crippen LogP contribution in [0, 0.1) is 6.92 Å². The van der Waals surface area contributed by atoms with E-state index in [1.807, 2.05) is 31.3 Å². The minimum Gasteiger partial charge on any atom is -0.377 e. The highest BCUT2D eigenvalue weighted by atomic mass is 19.1. The monoisotopic (exact) mass is 353 g/mol. The van der Waals surface area contributed by atoms with E-state index in [4.69, 9.17) is 5.73 Å². The number of hydrogen-bond acceptors (Lipinski definition) is 4. The van der Waals surface area contributed by atoms with Gasteiger partial charge in [-0.2, -0.15) is 5.10 Å². The topological polar surface area (TPSA) is 85.3 Å². The zero-order valence-corrected chi connectivity index (χ0v) is 14.4. The van der Waals surface area contributed by atoms with Gasteiger partial charge in [0, 0.05) is 23.7 Å². The summed E-state index contributed by atoms with van der Waals surface area (Å²) in [6, 6.07) is 5.50. The summed E-state index contributed by atoms with van der Waals surface area (Å²) in [6.45, 7) is 1.93. The van der Waals surface area contributed by atoms with Gasteiger partial charge in [-0.25, -0.2) is 8.91 Å². The van der Waals surface area contributed by atoms with Gasteiger partial charge in [-0.1, -0.05) is 0 Å². The fraction of sp³-hybridized carbons (Fsp3) is 0.316. The predicted molar refractivity (Wildman–Crippen MR) is 97.8 cm³/mol. The highest BCUT2D eigenvalue weighted by Crippen LogP contribution is 2.32. The molecule has 1 amide bonds. The number of carbonyl (C=O) groups is 1. The molecule has 134 valence electrons. The van der Waals surface area contributed by atoms with E-state index < -0.39 is 12.1 Å². The molecule has 26 heavy (non-hydrogen) atoms. The van der Waals surface area contributed by atoms with Gasteiger partial charge in [-0.05, 0) is 49.9 Å². The molecule has 3 aromatic rings. The first-order valence-electron chi connectivity index (χ1n) is 8.68. The van der Waals surface area contributed by atoms with Crippen LogP contribution in [0.1, 0.15) is 35.3 Å². The van der Waals surface area contributed by atoms with E-state index in [0.29, 0.717) is 17.6 Å². The van der Waals surface area contributed by atoms with E-state index in [2.05, 4.69) is 15.4 Å². The van der Waals surface area contributed by atoms with Crippen molar-refractivity contribution in [1.29, 1.82) is 0 Å². The van der Waals surface area contributed by atoms with Crippen LogP contribution < -0.4 is 11.1 Å². The SMILES string of the molecule is Cc1cc(-c2cc3c(N[C@@H]4CCC[C@@H]4F)c(C(N)=O)cnn3c2)ccn1. The zero-order chi connectivity index (χ0) is 18.3. The average Bonchev–Trinajstić information content (AvgIpc) is 3.21. The van der Waals surface area contributed by atoms with Crippen molar-refractivity contribution in [2.24, 2.45) is 5.73 Å². The Hall–Kier alpha value is -2.96. The molecular weight excluding hydrogens is 333 g/mol. The fourth-order valence-corrected chi connectivity index (χ4v) is 3.54. The Morgan fingerprint density at radius 3 is 2.88 bits per heavy atom. The van der Waals surface area contributed by atoms with Crippen molar-refractivity contribution in [3.05, 3.63) is 48.0 Å². The number of carbonyl (C=O) groups excluding carboxylic acids is 1. The van der Waals surface area contributed by atoms with E-state index in [1.165, 1.54) is 6.20 Å². The van der Waals surface area contributed by atoms with Crippen molar-refractivity contribution < 1.29 is 9.18 Å². The third-order valence-electron chi connectivity index (χ3n) is 4.89. The zero-order valence-electron chi connectivity index (χ0n) is 14.4. The molecule has 0 aliphatic heterocycles. The van der Waals surface area contributed by atoms with Gasteiger partial charge in [0.2, 0.25) is 0 Å². The van der Waals surface area contributed by atoms with E-state index in [0.717, 1.165) is 29.7 Å². The van der Waals surface area contributed by atoms with Gasteiger partial charge in [0.15, 0.2) is 0 Å². The smallest absolute Gasteiger partial charge is 0.252 e. The number of alkyl halides is 1. The summed E-state index contributed by atoms with van der Waals surface area (Å²) in [6.07, 6.45) is 6.22. The van der Waals surface area contributed by atoms with Gasteiger partial charge in [0.05, 0.1) is 29.0 Å². The van der Waals surface area contributed by atoms with E-state index in [9.17, 15) is 9.18 Å². The second kappa shape index (κ2) is 6.40. The normalized spacial score (nSPS) is 19.8. The molecular formula is C19H20FN5O. The number of pyridine rings is 1. The van der Waals surface area contributed by atoms with Crippen LogP contribution in [-0.4, -0.2) is 32.7 Å². The number of amides is 1. The van der Waals surface area contributed by atoms with E-state index >= 15 is 0 Å². The second-order valence-corrected chi connectivity index (χ2v) is 6.74. The number of nitrogens with one attached hydrogen (secondary N) is 1. The minimum atomic E-state index is -0.929. The number of halogens is 1. The van der Waals surface area contributed by atoms with Gasteiger partial charge in [-0.15, -0.1) is 0 Å². The molecule has 0 bridgehead atoms. The summed E-state index contributed by atoms with van der Waals surface area (Å²) >= 11 is 0. The molecule has 1 aliphatic rings. The Morgan fingerprint density at radius 1 is 1.35 bits per heavy atom. The molecule has 7 heteroatoms. The van der Waals surface area contributed by atoms with Crippen molar-refractivity contribution in [2.75, 3.05) is 5.32 Å². The van der Waals surface area contributed by atoms with Crippen LogP contribution in [0.2, 0.25) is 0 Å². The predicted octanol–water partition coefficient (Wildman–Crippen LogP) is 3.11. The Kier molecular flexibility index (Phi) is 4.06. The number of aromatic nitrogens is 3. The quantitative estimate of drug-likeness (QED) is 0.755. The number of anilines is 1. The maximum absolute atomic E-state index is 14.1. The molecule has 0 aromatic carbocycles. The van der Waals surface area contributed by atoms with Crippen molar-refractivity contribution in [3.63, 3.8) is 0 Å². The van der Waals surface area contributed by atoms with Crippen molar-refractivity contribution in [3.8, 4) is 11.1 Å². The lowest BCUT2D eigenvalue weighted by Crippen LogP contribution is -2.27. The molecule has 6 nitrogen and oxygen atoms in total. The number of rotatable bonds is 4. The summed E-state index contributed by atoms with van der Waals surface area (Å²) < 4.78 is 15.8. The first-order valence-corrected chi connectivity index (χ1v) is 8.68. The number of fused-ring (bicyclic) bond motifs is 1. The number of hydrogen-bond donors (Lipinski definition) is 2. The van der Waals surface area contributed by atoms with Gasteiger partial charge in [0.1, 0.15) is 6.17 Å². The van der Waals surface area contributed by atoms with Crippen LogP contribution in [-0.2, 0) is 0 Å². The van der Waals surface area contributed by atoms with Crippen LogP contribution >= 0.6 is 0 Å². The number of primary amides is 1. The summed E-state index contributed by atoms with van der Waals surface area (Å²) in [4.78, 5) is 16.1. The lowest BCUT2D eigenvalue weighted by atomic mass is 10.1. The second-order valence-electron chi connectivity index (χ2n) is 6.74. The maximum Gasteiger partial charge on any atom is 0.252 e. The molecule has 0 unspecified atom stereocenters. The third kappa shape index (κ3) is 2.89. The van der Waals surface area contributed by atoms with Gasteiger partial charge >= 0.3 is 0 Å². The first-order chi connectivity index (χ1) is 12.5. The van der Waals surface area contributed by atoms with Crippen molar-refractivity contribution >= 4 is 17.1 Å². The lowest BCUT2D eigenvalue weighted by Gasteiger charge is -2.19. The summed E-state index contributed by atoms with van der Waals surface area (Å²) in [5, 5.41) is 7.50. The summed E-state index contributed by atoms with van der Waals surface area (Å²) in [5.74, 6) is -0.585. The van der Waals surface area contributed by atoms with Gasteiger partial charge in [-0.3, -0.25) is 9.78 Å². The third-order valence-corrected chi connectivity index (χ3v) is 4.89. The Labute approximate surface area is 150 Å². The lowest BCUT2D eigenvalue weighted by molar-refractivity contribution is 0.100. The molecule has 0 radical (unpaired) electrons. The fourth-order valence-electron chi connectivity index (χ4n) is 3.54. The Morgan fingerprint density at radius 2 is 2.19 bits per heavy atom. The van der Waals surface area contributed by atoms with Crippen LogP contribution in [0.4, 0.5) is 10.1 Å². The molecule has 2 atom stereocenters. The average molecular weight is 353 g/mol. The molecule has 0 saturated heterocycles. The van der Waals surface area contributed by atoms with E-state index in [-0.39, 0.29) is 11.6 Å². The van der Waals surface area contributed by atoms with Crippen LogP contribution in [0.25, 0.3) is 16.6 Å². The highest BCUT2D eigenvalue weighted by Gasteiger charge is 2.28. The van der Waals surface area contributed by atoms with Crippen molar-refractivity contribution in [2.45, 2.75) is 38.4 Å². The highest BCUT2D eigenvalue weighted by molar-refractivity contribution is 6.02. The summed E-state index contributed by atoms with van der Waals surface area (Å²) in [5.41, 5.74) is 9.88. The largest absolute Gasteiger partial charge is 0.377 e. The summed E-state index contributed by atoms with van der Waals surface area (Å²) in [7, 11) is 0. The molecule has 1 fully saturated rings. The first kappa shape index (κ1) is 16.5. The maximum atomic E-state index is 14.1. The Bertz CT molecular complexity index is 983. The van der Waals surface area contributed by atoms with Crippen LogP contribution in [0.15, 0.2) is 36.8 Å². The molecule has 3 aromatic heterocycles. The molecule has 1 aliphatic carbocycles. The molecule has 3 N–H and O–H groups in total. The molecule has 0 spiro atoms. The number of aryl methyl sites for hydroxylation is 1. The van der Waals surface area contributed by atoms with Gasteiger partial charge in [0.25, 0.3) is 5.91 Å². The van der Waals surface area contributed by atoms with E-state index in [1.54, 1.807) is 10.7 Å². The standard InChI is InChI=1S/C19H20FN5O/c1-11-7-12(5-6-22-11)13-8-17-18(24-16-4-2-3-15(16)20)14(19(21)26)9-23-25(17)10-13/h5-10,15-16,24H,2-4H2,1H3,(H2,21,26)/t15-,16+/m0/s1. The van der Waals surface area contributed by atoms with Gasteiger partial charge < -0.3 is 11.1 Å². The molecule has 3 heterocycles.